The third-order valence-electron chi connectivity index (χ3n) is 2.36. The molecule has 1 aliphatic heterocycles. The summed E-state index contributed by atoms with van der Waals surface area (Å²) in [6, 6.07) is -0.827. The van der Waals surface area contributed by atoms with E-state index in [4.69, 9.17) is 10.5 Å². The number of carbonyl (C=O) groups excluding carboxylic acids is 3. The smallest absolute Gasteiger partial charge is 0.302 e. The topological polar surface area (TPSA) is 89.7 Å². The maximum Gasteiger partial charge on any atom is 0.302 e. The highest BCUT2D eigenvalue weighted by Crippen LogP contribution is 2.21. The molecule has 2 amide bonds. The lowest BCUT2D eigenvalue weighted by atomic mass is 10.1. The van der Waals surface area contributed by atoms with E-state index in [9.17, 15) is 14.4 Å². The van der Waals surface area contributed by atoms with Crippen LogP contribution in [0.1, 0.15) is 20.3 Å². The van der Waals surface area contributed by atoms with Gasteiger partial charge in [0.15, 0.2) is 0 Å². The first-order chi connectivity index (χ1) is 6.93. The molecule has 0 aromatic carbocycles. The lowest BCUT2D eigenvalue weighted by molar-refractivity contribution is -0.151. The van der Waals surface area contributed by atoms with Crippen LogP contribution in [0.3, 0.4) is 0 Å². The van der Waals surface area contributed by atoms with Crippen LogP contribution in [0.15, 0.2) is 0 Å². The Kier molecular flexibility index (Phi) is 3.28. The van der Waals surface area contributed by atoms with Gasteiger partial charge in [-0.1, -0.05) is 0 Å². The van der Waals surface area contributed by atoms with Crippen LogP contribution in [0.4, 0.5) is 0 Å². The maximum absolute atomic E-state index is 11.2. The number of esters is 1. The number of primary amides is 1. The second-order valence-electron chi connectivity index (χ2n) is 3.50. The second kappa shape index (κ2) is 4.29. The molecule has 1 unspecified atom stereocenters. The van der Waals surface area contributed by atoms with Crippen molar-refractivity contribution < 1.29 is 19.1 Å². The largest absolute Gasteiger partial charge is 0.460 e. The van der Waals surface area contributed by atoms with Crippen LogP contribution >= 0.6 is 0 Å². The van der Waals surface area contributed by atoms with Crippen molar-refractivity contribution in [3.8, 4) is 0 Å². The molecule has 15 heavy (non-hydrogen) atoms. The van der Waals surface area contributed by atoms with Gasteiger partial charge >= 0.3 is 5.97 Å². The van der Waals surface area contributed by atoms with Gasteiger partial charge in [0.2, 0.25) is 11.8 Å². The SMILES string of the molecule is CC(=O)OC1CCN(C(C)=O)[C@@H]1C(N)=O. The predicted octanol–water partition coefficient (Wildman–Crippen LogP) is -0.976. The summed E-state index contributed by atoms with van der Waals surface area (Å²) in [6.07, 6.45) is -0.156. The third-order valence-corrected chi connectivity index (χ3v) is 2.36. The van der Waals surface area contributed by atoms with Gasteiger partial charge in [-0.3, -0.25) is 14.4 Å². The molecule has 0 saturated carbocycles. The highest BCUT2D eigenvalue weighted by atomic mass is 16.5. The first kappa shape index (κ1) is 11.5. The van der Waals surface area contributed by atoms with Gasteiger partial charge in [0.25, 0.3) is 0 Å². The number of carbonyl (C=O) groups is 3. The molecule has 1 heterocycles. The summed E-state index contributed by atoms with van der Waals surface area (Å²) in [4.78, 5) is 34.4. The van der Waals surface area contributed by atoms with E-state index in [-0.39, 0.29) is 5.91 Å². The molecule has 0 radical (unpaired) electrons. The van der Waals surface area contributed by atoms with Gasteiger partial charge in [-0.15, -0.1) is 0 Å². The van der Waals surface area contributed by atoms with Crippen molar-refractivity contribution in [1.82, 2.24) is 4.90 Å². The third kappa shape index (κ3) is 2.45. The summed E-state index contributed by atoms with van der Waals surface area (Å²) in [5.41, 5.74) is 5.17. The normalized spacial score (nSPS) is 25.1. The van der Waals surface area contributed by atoms with Crippen LogP contribution in [0, 0.1) is 0 Å². The van der Waals surface area contributed by atoms with Crippen molar-refractivity contribution >= 4 is 17.8 Å². The fraction of sp³-hybridized carbons (Fsp3) is 0.667. The minimum absolute atomic E-state index is 0.242. The van der Waals surface area contributed by atoms with E-state index in [0.29, 0.717) is 13.0 Å². The highest BCUT2D eigenvalue weighted by Gasteiger charge is 2.41. The zero-order valence-electron chi connectivity index (χ0n) is 8.73. The average molecular weight is 214 g/mol. The summed E-state index contributed by atoms with van der Waals surface area (Å²) in [7, 11) is 0. The predicted molar refractivity (Wildman–Crippen MR) is 50.5 cm³/mol. The number of nitrogens with two attached hydrogens (primary N) is 1. The van der Waals surface area contributed by atoms with Gasteiger partial charge in [-0.25, -0.2) is 0 Å². The van der Waals surface area contributed by atoms with Gasteiger partial charge in [0, 0.05) is 26.8 Å². The molecule has 1 aliphatic rings. The van der Waals surface area contributed by atoms with E-state index in [1.165, 1.54) is 18.7 Å². The molecule has 0 spiro atoms. The maximum atomic E-state index is 11.2. The van der Waals surface area contributed by atoms with Crippen molar-refractivity contribution in [1.29, 1.82) is 0 Å². The quantitative estimate of drug-likeness (QED) is 0.598. The van der Waals surface area contributed by atoms with Gasteiger partial charge < -0.3 is 15.4 Å². The van der Waals surface area contributed by atoms with Crippen LogP contribution in [0.25, 0.3) is 0 Å². The fourth-order valence-corrected chi connectivity index (χ4v) is 1.79. The number of nitrogens with zero attached hydrogens (tertiary/aromatic N) is 1. The molecule has 0 aliphatic carbocycles. The fourth-order valence-electron chi connectivity index (χ4n) is 1.79. The molecule has 1 saturated heterocycles. The van der Waals surface area contributed by atoms with E-state index in [2.05, 4.69) is 0 Å². The molecular formula is C9H14N2O4. The highest BCUT2D eigenvalue weighted by molar-refractivity contribution is 5.87. The summed E-state index contributed by atoms with van der Waals surface area (Å²) in [5, 5.41) is 0. The summed E-state index contributed by atoms with van der Waals surface area (Å²) in [5.74, 6) is -1.36. The van der Waals surface area contributed by atoms with E-state index in [1.807, 2.05) is 0 Å². The minimum Gasteiger partial charge on any atom is -0.460 e. The lowest BCUT2D eigenvalue weighted by Crippen LogP contribution is -2.48. The Bertz CT molecular complexity index is 302. The van der Waals surface area contributed by atoms with Crippen LogP contribution in [0.5, 0.6) is 0 Å². The second-order valence-corrected chi connectivity index (χ2v) is 3.50. The number of hydrogen-bond acceptors (Lipinski definition) is 4. The molecule has 6 heteroatoms. The first-order valence-electron chi connectivity index (χ1n) is 4.67. The van der Waals surface area contributed by atoms with Crippen LogP contribution in [-0.4, -0.2) is 41.4 Å². The molecule has 0 bridgehead atoms. The van der Waals surface area contributed by atoms with Crippen molar-refractivity contribution in [3.05, 3.63) is 0 Å². The molecule has 2 atom stereocenters. The lowest BCUT2D eigenvalue weighted by Gasteiger charge is -2.23. The number of likely N-dealkylation sites (tertiary alicyclic amines) is 1. The summed E-state index contributed by atoms with van der Waals surface area (Å²) < 4.78 is 4.93. The Morgan fingerprint density at radius 3 is 2.33 bits per heavy atom. The van der Waals surface area contributed by atoms with E-state index in [0.717, 1.165) is 0 Å². The van der Waals surface area contributed by atoms with E-state index >= 15 is 0 Å². The zero-order valence-corrected chi connectivity index (χ0v) is 8.73. The Morgan fingerprint density at radius 2 is 1.93 bits per heavy atom. The van der Waals surface area contributed by atoms with Crippen molar-refractivity contribution in [3.63, 3.8) is 0 Å². The molecule has 84 valence electrons. The number of rotatable bonds is 2. The Labute approximate surface area is 87.4 Å². The van der Waals surface area contributed by atoms with Crippen molar-refractivity contribution in [2.24, 2.45) is 5.73 Å². The van der Waals surface area contributed by atoms with Crippen molar-refractivity contribution in [2.75, 3.05) is 6.54 Å². The van der Waals surface area contributed by atoms with Crippen LogP contribution in [0.2, 0.25) is 0 Å². The van der Waals surface area contributed by atoms with Gasteiger partial charge in [0.1, 0.15) is 12.1 Å². The molecular weight excluding hydrogens is 200 g/mol. The van der Waals surface area contributed by atoms with Crippen molar-refractivity contribution in [2.45, 2.75) is 32.4 Å². The number of hydrogen-bond donors (Lipinski definition) is 1. The Hall–Kier alpha value is -1.59. The van der Waals surface area contributed by atoms with E-state index in [1.54, 1.807) is 0 Å². The molecule has 0 aromatic heterocycles. The molecule has 6 nitrogen and oxygen atoms in total. The number of amides is 2. The number of ether oxygens (including phenoxy) is 1. The van der Waals surface area contributed by atoms with Crippen LogP contribution in [-0.2, 0) is 19.1 Å². The zero-order chi connectivity index (χ0) is 11.6. The van der Waals surface area contributed by atoms with Gasteiger partial charge in [0.05, 0.1) is 0 Å². The van der Waals surface area contributed by atoms with Crippen LogP contribution < -0.4 is 5.73 Å². The summed E-state index contributed by atoms with van der Waals surface area (Å²) in [6.45, 7) is 3.00. The molecule has 1 fully saturated rings. The molecule has 0 aromatic rings. The average Bonchev–Trinajstić information content (AvgIpc) is 2.46. The molecule has 1 rings (SSSR count). The molecule has 2 N–H and O–H groups in total. The van der Waals surface area contributed by atoms with Gasteiger partial charge in [-0.05, 0) is 0 Å². The standard InChI is InChI=1S/C9H14N2O4/c1-5(12)11-4-3-7(15-6(2)13)8(11)9(10)14/h7-8H,3-4H2,1-2H3,(H2,10,14)/t7?,8-/m0/s1. The minimum atomic E-state index is -0.827. The summed E-state index contributed by atoms with van der Waals surface area (Å²) >= 11 is 0. The Morgan fingerprint density at radius 1 is 1.33 bits per heavy atom. The monoisotopic (exact) mass is 214 g/mol. The first-order valence-corrected chi connectivity index (χ1v) is 4.67. The Balaban J connectivity index is 2.79. The van der Waals surface area contributed by atoms with Gasteiger partial charge in [-0.2, -0.15) is 0 Å². The van der Waals surface area contributed by atoms with E-state index < -0.39 is 24.0 Å².